The van der Waals surface area contributed by atoms with Gasteiger partial charge in [0.05, 0.1) is 16.2 Å². The number of hydrogen-bond donors (Lipinski definition) is 1. The maximum Gasteiger partial charge on any atom is 0.0961 e. The smallest absolute Gasteiger partial charge is 0.0961 e. The van der Waals surface area contributed by atoms with Gasteiger partial charge in [-0.1, -0.05) is 0 Å². The molecule has 2 rings (SSSR count). The van der Waals surface area contributed by atoms with E-state index in [2.05, 4.69) is 33.0 Å². The fourth-order valence-electron chi connectivity index (χ4n) is 1.53. The lowest BCUT2D eigenvalue weighted by Crippen LogP contribution is -2.22. The van der Waals surface area contributed by atoms with Crippen LogP contribution in [0.5, 0.6) is 0 Å². The van der Waals surface area contributed by atoms with Gasteiger partial charge in [0, 0.05) is 17.8 Å². The molecule has 1 saturated heterocycles. The second-order valence-electron chi connectivity index (χ2n) is 3.18. The number of likely N-dealkylation sites (tertiary alicyclic amines) is 1. The molecule has 13 heavy (non-hydrogen) atoms. The summed E-state index contributed by atoms with van der Waals surface area (Å²) < 4.78 is 1.17. The Kier molecular flexibility index (Phi) is 2.69. The van der Waals surface area contributed by atoms with Gasteiger partial charge in [-0.3, -0.25) is 5.41 Å². The van der Waals surface area contributed by atoms with Crippen molar-refractivity contribution in [3.05, 3.63) is 20.8 Å². The van der Waals surface area contributed by atoms with Crippen molar-refractivity contribution < 1.29 is 0 Å². The number of thiophene rings is 1. The Labute approximate surface area is 90.2 Å². The van der Waals surface area contributed by atoms with Crippen LogP contribution in [0.4, 0.5) is 0 Å². The zero-order valence-electron chi connectivity index (χ0n) is 7.22. The summed E-state index contributed by atoms with van der Waals surface area (Å²) >= 11 is 5.20. The molecule has 1 aromatic heterocycles. The Bertz CT molecular complexity index is 321. The van der Waals surface area contributed by atoms with Crippen LogP contribution in [0, 0.1) is 5.41 Å². The van der Waals surface area contributed by atoms with Crippen LogP contribution in [0.2, 0.25) is 0 Å². The molecule has 0 aromatic carbocycles. The lowest BCUT2D eigenvalue weighted by molar-refractivity contribution is 0.450. The molecule has 0 spiro atoms. The molecule has 70 valence electrons. The monoisotopic (exact) mass is 258 g/mol. The molecule has 2 heterocycles. The lowest BCUT2D eigenvalue weighted by Gasteiger charge is -2.15. The van der Waals surface area contributed by atoms with E-state index in [9.17, 15) is 0 Å². The molecular weight excluding hydrogens is 248 g/mol. The van der Waals surface area contributed by atoms with Gasteiger partial charge in [0.15, 0.2) is 0 Å². The van der Waals surface area contributed by atoms with Gasteiger partial charge < -0.3 is 4.90 Å². The standard InChI is InChI=1S/C9H11BrN2S/c10-8-4-3-7(13-8)6-12-5-1-2-9(12)11/h3-4,11H,1-2,5-6H2. The van der Waals surface area contributed by atoms with Gasteiger partial charge >= 0.3 is 0 Å². The number of hydrogen-bond acceptors (Lipinski definition) is 2. The van der Waals surface area contributed by atoms with Crippen molar-refractivity contribution in [2.75, 3.05) is 6.54 Å². The van der Waals surface area contributed by atoms with E-state index in [1.807, 2.05) is 0 Å². The first kappa shape index (κ1) is 9.21. The Hall–Kier alpha value is -0.350. The molecule has 0 bridgehead atoms. The minimum absolute atomic E-state index is 0.796. The van der Waals surface area contributed by atoms with Crippen molar-refractivity contribution in [2.45, 2.75) is 19.4 Å². The van der Waals surface area contributed by atoms with Crippen molar-refractivity contribution >= 4 is 33.1 Å². The first-order chi connectivity index (χ1) is 6.25. The van der Waals surface area contributed by atoms with E-state index in [1.54, 1.807) is 11.3 Å². The molecule has 0 atom stereocenters. The lowest BCUT2D eigenvalue weighted by atomic mass is 10.4. The normalized spacial score (nSPS) is 17.0. The third kappa shape index (κ3) is 2.11. The van der Waals surface area contributed by atoms with Crippen LogP contribution in [-0.4, -0.2) is 17.3 Å². The Balaban J connectivity index is 2.01. The van der Waals surface area contributed by atoms with Crippen LogP contribution >= 0.6 is 27.3 Å². The Morgan fingerprint density at radius 3 is 2.92 bits per heavy atom. The van der Waals surface area contributed by atoms with Gasteiger partial charge in [0.25, 0.3) is 0 Å². The van der Waals surface area contributed by atoms with E-state index in [-0.39, 0.29) is 0 Å². The van der Waals surface area contributed by atoms with Crippen LogP contribution in [0.15, 0.2) is 15.9 Å². The summed E-state index contributed by atoms with van der Waals surface area (Å²) in [6.45, 7) is 1.96. The highest BCUT2D eigenvalue weighted by atomic mass is 79.9. The summed E-state index contributed by atoms with van der Waals surface area (Å²) in [6.07, 6.45) is 2.10. The quantitative estimate of drug-likeness (QED) is 0.868. The second kappa shape index (κ2) is 3.80. The number of nitrogens with zero attached hydrogens (tertiary/aromatic N) is 1. The fourth-order valence-corrected chi connectivity index (χ4v) is 3.03. The number of rotatable bonds is 2. The minimum atomic E-state index is 0.796. The Morgan fingerprint density at radius 2 is 2.38 bits per heavy atom. The summed E-state index contributed by atoms with van der Waals surface area (Å²) in [5, 5.41) is 7.68. The summed E-state index contributed by atoms with van der Waals surface area (Å²) in [7, 11) is 0. The largest absolute Gasteiger partial charge is 0.355 e. The van der Waals surface area contributed by atoms with E-state index in [0.29, 0.717) is 0 Å². The van der Waals surface area contributed by atoms with Crippen LogP contribution in [-0.2, 0) is 6.54 Å². The van der Waals surface area contributed by atoms with Crippen molar-refractivity contribution in [3.63, 3.8) is 0 Å². The van der Waals surface area contributed by atoms with E-state index in [0.717, 1.165) is 31.8 Å². The van der Waals surface area contributed by atoms with Gasteiger partial charge in [-0.15, -0.1) is 11.3 Å². The first-order valence-electron chi connectivity index (χ1n) is 4.32. The number of nitrogens with one attached hydrogen (secondary N) is 1. The Morgan fingerprint density at radius 1 is 1.54 bits per heavy atom. The van der Waals surface area contributed by atoms with Gasteiger partial charge in [0.1, 0.15) is 0 Å². The van der Waals surface area contributed by atoms with E-state index in [1.165, 1.54) is 8.66 Å². The molecule has 1 fully saturated rings. The third-order valence-electron chi connectivity index (χ3n) is 2.20. The first-order valence-corrected chi connectivity index (χ1v) is 5.93. The van der Waals surface area contributed by atoms with Gasteiger partial charge in [0.2, 0.25) is 0 Å². The molecule has 0 aliphatic carbocycles. The molecular formula is C9H11BrN2S. The van der Waals surface area contributed by atoms with Crippen molar-refractivity contribution in [1.82, 2.24) is 4.90 Å². The molecule has 0 radical (unpaired) electrons. The molecule has 0 unspecified atom stereocenters. The highest BCUT2D eigenvalue weighted by Gasteiger charge is 2.17. The van der Waals surface area contributed by atoms with E-state index < -0.39 is 0 Å². The van der Waals surface area contributed by atoms with E-state index in [4.69, 9.17) is 5.41 Å². The average molecular weight is 259 g/mol. The second-order valence-corrected chi connectivity index (χ2v) is 5.73. The highest BCUT2D eigenvalue weighted by Crippen LogP contribution is 2.24. The van der Waals surface area contributed by atoms with Crippen molar-refractivity contribution in [2.24, 2.45) is 0 Å². The predicted octanol–water partition coefficient (Wildman–Crippen LogP) is 3.08. The van der Waals surface area contributed by atoms with Gasteiger partial charge in [-0.2, -0.15) is 0 Å². The summed E-state index contributed by atoms with van der Waals surface area (Å²) in [6, 6.07) is 4.19. The molecule has 2 nitrogen and oxygen atoms in total. The predicted molar refractivity (Wildman–Crippen MR) is 59.4 cm³/mol. The topological polar surface area (TPSA) is 27.1 Å². The maximum atomic E-state index is 7.68. The number of amidine groups is 1. The summed E-state index contributed by atoms with van der Waals surface area (Å²) in [5.74, 6) is 0.796. The molecule has 0 saturated carbocycles. The molecule has 1 N–H and O–H groups in total. The fraction of sp³-hybridized carbons (Fsp3) is 0.444. The molecule has 1 aromatic rings. The molecule has 1 aliphatic heterocycles. The SMILES string of the molecule is N=C1CCCN1Cc1ccc(Br)s1. The van der Waals surface area contributed by atoms with Crippen LogP contribution in [0.1, 0.15) is 17.7 Å². The van der Waals surface area contributed by atoms with Crippen molar-refractivity contribution in [1.29, 1.82) is 5.41 Å². The highest BCUT2D eigenvalue weighted by molar-refractivity contribution is 9.11. The minimum Gasteiger partial charge on any atom is -0.355 e. The van der Waals surface area contributed by atoms with Gasteiger partial charge in [-0.05, 0) is 34.5 Å². The van der Waals surface area contributed by atoms with Crippen LogP contribution in [0.3, 0.4) is 0 Å². The molecule has 0 amide bonds. The molecule has 1 aliphatic rings. The van der Waals surface area contributed by atoms with Crippen molar-refractivity contribution in [3.8, 4) is 0 Å². The van der Waals surface area contributed by atoms with E-state index >= 15 is 0 Å². The third-order valence-corrected chi connectivity index (χ3v) is 3.81. The molecule has 4 heteroatoms. The zero-order chi connectivity index (χ0) is 9.26. The van der Waals surface area contributed by atoms with Gasteiger partial charge in [-0.25, -0.2) is 0 Å². The van der Waals surface area contributed by atoms with Crippen LogP contribution < -0.4 is 0 Å². The summed E-state index contributed by atoms with van der Waals surface area (Å²) in [5.41, 5.74) is 0. The van der Waals surface area contributed by atoms with Crippen LogP contribution in [0.25, 0.3) is 0 Å². The average Bonchev–Trinajstić information content (AvgIpc) is 2.64. The zero-order valence-corrected chi connectivity index (χ0v) is 9.62. The summed E-state index contributed by atoms with van der Waals surface area (Å²) in [4.78, 5) is 3.48. The maximum absolute atomic E-state index is 7.68. The number of halogens is 1.